The second kappa shape index (κ2) is 8.96. The van der Waals surface area contributed by atoms with Crippen LogP contribution in [0.4, 0.5) is 13.2 Å². The zero-order valence-electron chi connectivity index (χ0n) is 16.7. The number of thiophene rings is 1. The van der Waals surface area contributed by atoms with Crippen LogP contribution >= 0.6 is 23.1 Å². The van der Waals surface area contributed by atoms with E-state index in [1.165, 1.54) is 23.5 Å². The molecule has 2 heterocycles. The van der Waals surface area contributed by atoms with Gasteiger partial charge >= 0.3 is 6.18 Å². The Morgan fingerprint density at radius 2 is 2.09 bits per heavy atom. The van der Waals surface area contributed by atoms with Gasteiger partial charge in [-0.1, -0.05) is 17.8 Å². The van der Waals surface area contributed by atoms with Crippen molar-refractivity contribution in [2.24, 2.45) is 0 Å². The molecule has 0 bridgehead atoms. The quantitative estimate of drug-likeness (QED) is 0.339. The van der Waals surface area contributed by atoms with Gasteiger partial charge in [0.15, 0.2) is 5.16 Å². The molecule has 4 rings (SSSR count). The second-order valence-electron chi connectivity index (χ2n) is 7.20. The molecule has 32 heavy (non-hydrogen) atoms. The summed E-state index contributed by atoms with van der Waals surface area (Å²) in [5.41, 5.74) is -0.349. The molecule has 2 aromatic heterocycles. The standard InChI is InChI=1S/C21H17F3N4O2S2/c22-21(23,24)12-4-3-5-13(10-12)28-19(30)17-14-6-1-2-7-15(14)32-18(17)27-20(28)31-11-16(29)26-9-8-25/h3-5,10H,1-2,6-7,9,11H2,(H,26,29). The van der Waals surface area contributed by atoms with E-state index >= 15 is 0 Å². The number of carbonyl (C=O) groups excluding carboxylic acids is 1. The van der Waals surface area contributed by atoms with Crippen LogP contribution in [0.1, 0.15) is 28.8 Å². The zero-order valence-corrected chi connectivity index (χ0v) is 18.3. The van der Waals surface area contributed by atoms with Gasteiger partial charge in [-0.05, 0) is 49.4 Å². The summed E-state index contributed by atoms with van der Waals surface area (Å²) in [6.45, 7) is -0.163. The van der Waals surface area contributed by atoms with Gasteiger partial charge in [0.25, 0.3) is 5.56 Å². The predicted octanol–water partition coefficient (Wildman–Crippen LogP) is 4.08. The highest BCUT2D eigenvalue weighted by molar-refractivity contribution is 7.99. The monoisotopic (exact) mass is 478 g/mol. The summed E-state index contributed by atoms with van der Waals surface area (Å²) in [5, 5.41) is 11.6. The topological polar surface area (TPSA) is 87.8 Å². The number of nitrogens with one attached hydrogen (secondary N) is 1. The van der Waals surface area contributed by atoms with Gasteiger partial charge in [-0.25, -0.2) is 4.98 Å². The highest BCUT2D eigenvalue weighted by Crippen LogP contribution is 2.36. The van der Waals surface area contributed by atoms with Crippen molar-refractivity contribution in [1.82, 2.24) is 14.9 Å². The molecule has 1 aliphatic carbocycles. The van der Waals surface area contributed by atoms with Gasteiger partial charge in [0, 0.05) is 4.88 Å². The van der Waals surface area contributed by atoms with Gasteiger partial charge in [0.2, 0.25) is 5.91 Å². The van der Waals surface area contributed by atoms with Crippen molar-refractivity contribution in [1.29, 1.82) is 5.26 Å². The first kappa shape index (κ1) is 22.4. The summed E-state index contributed by atoms with van der Waals surface area (Å²) < 4.78 is 41.1. The Kier molecular flexibility index (Phi) is 6.26. The van der Waals surface area contributed by atoms with Crippen LogP contribution in [0.3, 0.4) is 0 Å². The number of nitrogens with zero attached hydrogens (tertiary/aromatic N) is 3. The van der Waals surface area contributed by atoms with Gasteiger partial charge in [-0.3, -0.25) is 14.2 Å². The van der Waals surface area contributed by atoms with E-state index in [0.29, 0.717) is 10.2 Å². The molecule has 0 spiro atoms. The minimum absolute atomic E-state index is 0.0370. The number of hydrogen-bond acceptors (Lipinski definition) is 6. The number of aromatic nitrogens is 2. The number of alkyl halides is 3. The van der Waals surface area contributed by atoms with Crippen molar-refractivity contribution in [3.05, 3.63) is 50.6 Å². The maximum Gasteiger partial charge on any atom is 0.416 e. The lowest BCUT2D eigenvalue weighted by Gasteiger charge is -2.15. The van der Waals surface area contributed by atoms with Crippen LogP contribution in [-0.4, -0.2) is 27.8 Å². The van der Waals surface area contributed by atoms with Crippen molar-refractivity contribution in [3.8, 4) is 11.8 Å². The van der Waals surface area contributed by atoms with E-state index in [0.717, 1.165) is 64.6 Å². The molecule has 0 radical (unpaired) electrons. The number of rotatable bonds is 5. The van der Waals surface area contributed by atoms with Gasteiger partial charge < -0.3 is 5.32 Å². The highest BCUT2D eigenvalue weighted by atomic mass is 32.2. The van der Waals surface area contributed by atoms with Gasteiger partial charge in [-0.15, -0.1) is 11.3 Å². The molecular formula is C21H17F3N4O2S2. The average Bonchev–Trinajstić information content (AvgIpc) is 3.14. The molecule has 1 aromatic carbocycles. The largest absolute Gasteiger partial charge is 0.416 e. The fraction of sp³-hybridized carbons (Fsp3) is 0.333. The molecule has 1 aliphatic rings. The summed E-state index contributed by atoms with van der Waals surface area (Å²) in [7, 11) is 0. The molecule has 0 aliphatic heterocycles. The molecule has 1 amide bonds. The molecular weight excluding hydrogens is 461 g/mol. The molecule has 1 N–H and O–H groups in total. The maximum absolute atomic E-state index is 13.6. The summed E-state index contributed by atoms with van der Waals surface area (Å²) in [6.07, 6.45) is -1.03. The van der Waals surface area contributed by atoms with Crippen molar-refractivity contribution in [3.63, 3.8) is 0 Å². The van der Waals surface area contributed by atoms with Gasteiger partial charge in [-0.2, -0.15) is 18.4 Å². The van der Waals surface area contributed by atoms with Crippen LogP contribution < -0.4 is 10.9 Å². The van der Waals surface area contributed by atoms with Crippen LogP contribution in [0.25, 0.3) is 15.9 Å². The van der Waals surface area contributed by atoms with Gasteiger partial charge in [0.1, 0.15) is 11.4 Å². The third kappa shape index (κ3) is 4.38. The van der Waals surface area contributed by atoms with E-state index < -0.39 is 23.2 Å². The first-order valence-corrected chi connectivity index (χ1v) is 11.6. The van der Waals surface area contributed by atoms with E-state index in [1.807, 2.05) is 0 Å². The predicted molar refractivity (Wildman–Crippen MR) is 116 cm³/mol. The van der Waals surface area contributed by atoms with Crippen LogP contribution in [0, 0.1) is 11.3 Å². The van der Waals surface area contributed by atoms with Crippen molar-refractivity contribution in [2.75, 3.05) is 12.3 Å². The number of halogens is 3. The number of thioether (sulfide) groups is 1. The fourth-order valence-corrected chi connectivity index (χ4v) is 5.80. The van der Waals surface area contributed by atoms with Crippen LogP contribution in [0.2, 0.25) is 0 Å². The Morgan fingerprint density at radius 3 is 2.84 bits per heavy atom. The van der Waals surface area contributed by atoms with E-state index in [1.54, 1.807) is 6.07 Å². The molecule has 0 saturated carbocycles. The molecule has 0 fully saturated rings. The number of aryl methyl sites for hydroxylation is 2. The lowest BCUT2D eigenvalue weighted by molar-refractivity contribution is -0.137. The smallest absolute Gasteiger partial charge is 0.342 e. The average molecular weight is 479 g/mol. The Hall–Kier alpha value is -2.84. The third-order valence-electron chi connectivity index (χ3n) is 5.09. The Balaban J connectivity index is 1.86. The number of amides is 1. The lowest BCUT2D eigenvalue weighted by atomic mass is 9.97. The van der Waals surface area contributed by atoms with Crippen LogP contribution in [0.15, 0.2) is 34.2 Å². The number of benzene rings is 1. The zero-order chi connectivity index (χ0) is 22.9. The number of carbonyl (C=O) groups is 1. The van der Waals surface area contributed by atoms with E-state index in [-0.39, 0.29) is 23.1 Å². The minimum atomic E-state index is -4.57. The van der Waals surface area contributed by atoms with Crippen LogP contribution in [0.5, 0.6) is 0 Å². The Bertz CT molecular complexity index is 1290. The van der Waals surface area contributed by atoms with Gasteiger partial charge in [0.05, 0.1) is 28.5 Å². The third-order valence-corrected chi connectivity index (χ3v) is 7.21. The Morgan fingerprint density at radius 1 is 1.31 bits per heavy atom. The molecule has 3 aromatic rings. The van der Waals surface area contributed by atoms with E-state index in [2.05, 4.69) is 10.3 Å². The summed E-state index contributed by atoms with van der Waals surface area (Å²) >= 11 is 2.37. The van der Waals surface area contributed by atoms with Crippen LogP contribution in [-0.2, 0) is 23.8 Å². The molecule has 0 unspecified atom stereocenters. The maximum atomic E-state index is 13.6. The molecule has 6 nitrogen and oxygen atoms in total. The minimum Gasteiger partial charge on any atom is -0.342 e. The van der Waals surface area contributed by atoms with Crippen molar-refractivity contribution < 1.29 is 18.0 Å². The SMILES string of the molecule is N#CCNC(=O)CSc1nc2sc3c(c2c(=O)n1-c1cccc(C(F)(F)F)c1)CCCC3. The summed E-state index contributed by atoms with van der Waals surface area (Å²) in [5.74, 6) is -0.573. The van der Waals surface area contributed by atoms with Crippen molar-refractivity contribution >= 4 is 39.2 Å². The first-order valence-electron chi connectivity index (χ1n) is 9.81. The lowest BCUT2D eigenvalue weighted by Crippen LogP contribution is -2.27. The van der Waals surface area contributed by atoms with E-state index in [9.17, 15) is 22.8 Å². The Labute approximate surface area is 189 Å². The number of nitriles is 1. The number of fused-ring (bicyclic) bond motifs is 3. The molecule has 0 saturated heterocycles. The molecule has 11 heteroatoms. The van der Waals surface area contributed by atoms with Crippen molar-refractivity contribution in [2.45, 2.75) is 37.0 Å². The molecule has 0 atom stereocenters. The van der Waals surface area contributed by atoms with E-state index in [4.69, 9.17) is 5.26 Å². The second-order valence-corrected chi connectivity index (χ2v) is 9.22. The normalized spacial score (nSPS) is 13.6. The summed E-state index contributed by atoms with van der Waals surface area (Å²) in [4.78, 5) is 31.7. The molecule has 166 valence electrons. The first-order chi connectivity index (χ1) is 15.3. The highest BCUT2D eigenvalue weighted by Gasteiger charge is 2.31. The number of hydrogen-bond donors (Lipinski definition) is 1. The summed E-state index contributed by atoms with van der Waals surface area (Å²) in [6, 6.07) is 6.31. The fourth-order valence-electron chi connectivity index (χ4n) is 3.65.